The Morgan fingerprint density at radius 1 is 0.692 bits per heavy atom. The maximum Gasteiger partial charge on any atom is 0.256 e. The molecular formula is C23H21NO2. The zero-order valence-corrected chi connectivity index (χ0v) is 15.2. The Hall–Kier alpha value is -3.20. The van der Waals surface area contributed by atoms with E-state index in [1.807, 2.05) is 63.2 Å². The van der Waals surface area contributed by atoms with Gasteiger partial charge in [0.1, 0.15) is 0 Å². The Bertz CT molecular complexity index is 989. The molecule has 0 fully saturated rings. The van der Waals surface area contributed by atoms with Crippen LogP contribution in [0.15, 0.2) is 66.7 Å². The van der Waals surface area contributed by atoms with Crippen molar-refractivity contribution in [3.8, 4) is 0 Å². The van der Waals surface area contributed by atoms with Gasteiger partial charge >= 0.3 is 0 Å². The van der Waals surface area contributed by atoms with Crippen molar-refractivity contribution in [2.24, 2.45) is 0 Å². The molecule has 3 aromatic rings. The maximum absolute atomic E-state index is 13.1. The predicted molar refractivity (Wildman–Crippen MR) is 105 cm³/mol. The lowest BCUT2D eigenvalue weighted by Gasteiger charge is -2.12. The van der Waals surface area contributed by atoms with Crippen LogP contribution < -0.4 is 5.32 Å². The number of hydrogen-bond donors (Lipinski definition) is 1. The van der Waals surface area contributed by atoms with E-state index in [4.69, 9.17) is 0 Å². The molecule has 0 spiro atoms. The second-order valence-electron chi connectivity index (χ2n) is 6.46. The number of carbonyl (C=O) groups excluding carboxylic acids is 2. The van der Waals surface area contributed by atoms with Gasteiger partial charge in [-0.2, -0.15) is 0 Å². The van der Waals surface area contributed by atoms with Gasteiger partial charge in [-0.15, -0.1) is 0 Å². The molecule has 0 saturated carbocycles. The summed E-state index contributed by atoms with van der Waals surface area (Å²) < 4.78 is 0. The monoisotopic (exact) mass is 343 g/mol. The molecule has 3 aromatic carbocycles. The van der Waals surface area contributed by atoms with Gasteiger partial charge in [-0.25, -0.2) is 0 Å². The van der Waals surface area contributed by atoms with E-state index in [1.165, 1.54) is 0 Å². The third kappa shape index (κ3) is 3.57. The average Bonchev–Trinajstić information content (AvgIpc) is 2.65. The quantitative estimate of drug-likeness (QED) is 0.670. The Morgan fingerprint density at radius 3 is 2.08 bits per heavy atom. The highest BCUT2D eigenvalue weighted by Crippen LogP contribution is 2.21. The topological polar surface area (TPSA) is 46.2 Å². The smallest absolute Gasteiger partial charge is 0.256 e. The number of aryl methyl sites for hydroxylation is 3. The molecule has 1 amide bonds. The van der Waals surface area contributed by atoms with Crippen molar-refractivity contribution in [2.75, 3.05) is 5.32 Å². The van der Waals surface area contributed by atoms with Gasteiger partial charge in [0.15, 0.2) is 5.78 Å². The highest BCUT2D eigenvalue weighted by molar-refractivity contribution is 6.18. The molecule has 0 atom stereocenters. The summed E-state index contributed by atoms with van der Waals surface area (Å²) in [5, 5.41) is 2.91. The molecule has 0 aromatic heterocycles. The number of carbonyl (C=O) groups is 2. The Kier molecular flexibility index (Phi) is 4.99. The van der Waals surface area contributed by atoms with E-state index in [9.17, 15) is 9.59 Å². The summed E-state index contributed by atoms with van der Waals surface area (Å²) in [5.41, 5.74) is 5.04. The number of hydrogen-bond acceptors (Lipinski definition) is 2. The normalized spacial score (nSPS) is 10.4. The molecule has 0 unspecified atom stereocenters. The first-order chi connectivity index (χ1) is 12.5. The van der Waals surface area contributed by atoms with Gasteiger partial charge in [0.2, 0.25) is 0 Å². The van der Waals surface area contributed by atoms with Crippen LogP contribution in [0.1, 0.15) is 43.0 Å². The first-order valence-corrected chi connectivity index (χ1v) is 8.55. The molecule has 130 valence electrons. The van der Waals surface area contributed by atoms with E-state index in [1.54, 1.807) is 24.3 Å². The molecule has 0 aliphatic carbocycles. The summed E-state index contributed by atoms with van der Waals surface area (Å²) in [6.45, 7) is 5.79. The minimum atomic E-state index is -0.284. The van der Waals surface area contributed by atoms with E-state index in [0.717, 1.165) is 22.4 Å². The Morgan fingerprint density at radius 2 is 1.35 bits per heavy atom. The summed E-state index contributed by atoms with van der Waals surface area (Å²) in [6.07, 6.45) is 0. The summed E-state index contributed by atoms with van der Waals surface area (Å²) >= 11 is 0. The van der Waals surface area contributed by atoms with Crippen molar-refractivity contribution >= 4 is 17.4 Å². The van der Waals surface area contributed by atoms with E-state index in [2.05, 4.69) is 5.32 Å². The van der Waals surface area contributed by atoms with Gasteiger partial charge in [-0.05, 0) is 50.1 Å². The SMILES string of the molecule is Cc1ccc(C)c(C(=O)c2ccccc2C(=O)Nc2ccccc2C)c1. The highest BCUT2D eigenvalue weighted by atomic mass is 16.2. The molecule has 0 aliphatic heterocycles. The number of ketones is 1. The fraction of sp³-hybridized carbons (Fsp3) is 0.130. The molecule has 3 heteroatoms. The fourth-order valence-electron chi connectivity index (χ4n) is 2.91. The van der Waals surface area contributed by atoms with Gasteiger partial charge in [0.05, 0.1) is 5.56 Å². The zero-order chi connectivity index (χ0) is 18.7. The number of amides is 1. The van der Waals surface area contributed by atoms with Crippen molar-refractivity contribution in [3.63, 3.8) is 0 Å². The molecule has 3 nitrogen and oxygen atoms in total. The number of rotatable bonds is 4. The molecule has 0 bridgehead atoms. The predicted octanol–water partition coefficient (Wildman–Crippen LogP) is 5.10. The van der Waals surface area contributed by atoms with Crippen LogP contribution in [-0.2, 0) is 0 Å². The van der Waals surface area contributed by atoms with Crippen molar-refractivity contribution in [2.45, 2.75) is 20.8 Å². The Labute approximate surface area is 153 Å². The van der Waals surface area contributed by atoms with Gasteiger partial charge in [0.25, 0.3) is 5.91 Å². The number of benzene rings is 3. The molecule has 0 heterocycles. The molecule has 1 N–H and O–H groups in total. The van der Waals surface area contributed by atoms with Crippen LogP contribution >= 0.6 is 0 Å². The number of nitrogens with one attached hydrogen (secondary N) is 1. The van der Waals surface area contributed by atoms with Crippen LogP contribution in [0.2, 0.25) is 0 Å². The lowest BCUT2D eigenvalue weighted by Crippen LogP contribution is -2.17. The highest BCUT2D eigenvalue weighted by Gasteiger charge is 2.19. The third-order valence-corrected chi connectivity index (χ3v) is 4.45. The summed E-state index contributed by atoms with van der Waals surface area (Å²) in [4.78, 5) is 25.9. The largest absolute Gasteiger partial charge is 0.322 e. The number of para-hydroxylation sites is 1. The Balaban J connectivity index is 1.98. The average molecular weight is 343 g/mol. The minimum Gasteiger partial charge on any atom is -0.322 e. The van der Waals surface area contributed by atoms with E-state index >= 15 is 0 Å². The molecule has 3 rings (SSSR count). The van der Waals surface area contributed by atoms with Crippen LogP contribution in [-0.4, -0.2) is 11.7 Å². The van der Waals surface area contributed by atoms with Crippen LogP contribution in [0.5, 0.6) is 0 Å². The van der Waals surface area contributed by atoms with Gasteiger partial charge in [-0.3, -0.25) is 9.59 Å². The van der Waals surface area contributed by atoms with Crippen LogP contribution in [0, 0.1) is 20.8 Å². The standard InChI is InChI=1S/C23H21NO2/c1-15-12-13-16(2)20(14-15)22(25)18-9-5-6-10-19(18)23(26)24-21-11-7-4-8-17(21)3/h4-14H,1-3H3,(H,24,26). The molecular weight excluding hydrogens is 322 g/mol. The molecule has 0 saturated heterocycles. The maximum atomic E-state index is 13.1. The number of anilines is 1. The van der Waals surface area contributed by atoms with Crippen molar-refractivity contribution in [1.82, 2.24) is 0 Å². The van der Waals surface area contributed by atoms with Crippen LogP contribution in [0.4, 0.5) is 5.69 Å². The fourth-order valence-corrected chi connectivity index (χ4v) is 2.91. The minimum absolute atomic E-state index is 0.137. The third-order valence-electron chi connectivity index (χ3n) is 4.45. The van der Waals surface area contributed by atoms with Gasteiger partial charge < -0.3 is 5.32 Å². The van der Waals surface area contributed by atoms with Crippen molar-refractivity contribution in [3.05, 3.63) is 100 Å². The second kappa shape index (κ2) is 7.36. The molecule has 0 radical (unpaired) electrons. The first-order valence-electron chi connectivity index (χ1n) is 8.55. The summed E-state index contributed by atoms with van der Waals surface area (Å²) in [7, 11) is 0. The van der Waals surface area contributed by atoms with E-state index in [-0.39, 0.29) is 11.7 Å². The lowest BCUT2D eigenvalue weighted by atomic mass is 9.94. The second-order valence-corrected chi connectivity index (χ2v) is 6.46. The molecule has 0 aliphatic rings. The van der Waals surface area contributed by atoms with Crippen molar-refractivity contribution < 1.29 is 9.59 Å². The van der Waals surface area contributed by atoms with Gasteiger partial charge in [-0.1, -0.05) is 54.1 Å². The zero-order valence-electron chi connectivity index (χ0n) is 15.2. The summed E-state index contributed by atoms with van der Waals surface area (Å²) in [5.74, 6) is -0.421. The van der Waals surface area contributed by atoms with Crippen LogP contribution in [0.25, 0.3) is 0 Å². The first kappa shape index (κ1) is 17.6. The lowest BCUT2D eigenvalue weighted by molar-refractivity contribution is 0.0996. The van der Waals surface area contributed by atoms with E-state index < -0.39 is 0 Å². The summed E-state index contributed by atoms with van der Waals surface area (Å²) in [6, 6.07) is 20.3. The molecule has 26 heavy (non-hydrogen) atoms. The van der Waals surface area contributed by atoms with Gasteiger partial charge in [0, 0.05) is 16.8 Å². The van der Waals surface area contributed by atoms with Crippen LogP contribution in [0.3, 0.4) is 0 Å². The van der Waals surface area contributed by atoms with Crippen molar-refractivity contribution in [1.29, 1.82) is 0 Å². The van der Waals surface area contributed by atoms with E-state index in [0.29, 0.717) is 16.7 Å².